The second-order valence-corrected chi connectivity index (χ2v) is 7.67. The van der Waals surface area contributed by atoms with E-state index >= 15 is 0 Å². The lowest BCUT2D eigenvalue weighted by atomic mass is 9.82. The number of rotatable bonds is 3. The number of aryl methyl sites for hydroxylation is 1. The molecule has 2 atom stereocenters. The van der Waals surface area contributed by atoms with Gasteiger partial charge in [0.05, 0.1) is 19.6 Å². The molecule has 146 valence electrons. The molecule has 28 heavy (non-hydrogen) atoms. The molecule has 1 aliphatic heterocycles. The molecule has 0 aliphatic carbocycles. The molecule has 0 spiro atoms. The molecule has 1 heterocycles. The van der Waals surface area contributed by atoms with Crippen molar-refractivity contribution in [2.24, 2.45) is 0 Å². The average Bonchev–Trinajstić information content (AvgIpc) is 2.67. The number of fused-ring (bicyclic) bond motifs is 2. The highest BCUT2D eigenvalue weighted by Crippen LogP contribution is 2.45. The summed E-state index contributed by atoms with van der Waals surface area (Å²) >= 11 is 0. The van der Waals surface area contributed by atoms with Gasteiger partial charge in [-0.15, -0.1) is 0 Å². The Bertz CT molecular complexity index is 1060. The molecule has 2 unspecified atom stereocenters. The summed E-state index contributed by atoms with van der Waals surface area (Å²) in [5.74, 6) is 1.85. The Balaban J connectivity index is 2.09. The number of aromatic hydroxyl groups is 1. The molecule has 0 radical (unpaired) electrons. The summed E-state index contributed by atoms with van der Waals surface area (Å²) in [5, 5.41) is 15.9. The van der Waals surface area contributed by atoms with E-state index in [4.69, 9.17) is 9.47 Å². The van der Waals surface area contributed by atoms with Crippen LogP contribution in [0.3, 0.4) is 0 Å². The molecule has 0 saturated carbocycles. The maximum Gasteiger partial charge on any atom is 0.130 e. The Labute approximate surface area is 166 Å². The fourth-order valence-electron chi connectivity index (χ4n) is 4.70. The molecule has 4 heteroatoms. The lowest BCUT2D eigenvalue weighted by molar-refractivity contribution is 0.382. The van der Waals surface area contributed by atoms with Gasteiger partial charge in [-0.05, 0) is 73.0 Å². The number of phenols is 1. The highest BCUT2D eigenvalue weighted by Gasteiger charge is 2.28. The van der Waals surface area contributed by atoms with Crippen LogP contribution in [0, 0.1) is 6.92 Å². The van der Waals surface area contributed by atoms with Crippen molar-refractivity contribution in [2.45, 2.75) is 39.3 Å². The first kappa shape index (κ1) is 18.6. The molecule has 3 aromatic carbocycles. The van der Waals surface area contributed by atoms with Crippen molar-refractivity contribution in [2.75, 3.05) is 14.2 Å². The van der Waals surface area contributed by atoms with E-state index < -0.39 is 0 Å². The predicted octanol–water partition coefficient (Wildman–Crippen LogP) is 5.13. The lowest BCUT2D eigenvalue weighted by Gasteiger charge is -2.32. The SMILES string of the molecule is COc1ccc(-c2c(C)cc(OC)c3c(O)cccc23)c2c1C(C)NC(C)C2. The highest BCUT2D eigenvalue weighted by atomic mass is 16.5. The summed E-state index contributed by atoms with van der Waals surface area (Å²) in [6.45, 7) is 6.50. The van der Waals surface area contributed by atoms with Gasteiger partial charge in [-0.25, -0.2) is 0 Å². The van der Waals surface area contributed by atoms with Crippen LogP contribution < -0.4 is 14.8 Å². The maximum absolute atomic E-state index is 10.5. The predicted molar refractivity (Wildman–Crippen MR) is 114 cm³/mol. The van der Waals surface area contributed by atoms with Crippen molar-refractivity contribution < 1.29 is 14.6 Å². The second-order valence-electron chi connectivity index (χ2n) is 7.67. The summed E-state index contributed by atoms with van der Waals surface area (Å²) < 4.78 is 11.3. The van der Waals surface area contributed by atoms with Gasteiger partial charge in [0.15, 0.2) is 0 Å². The zero-order valence-electron chi connectivity index (χ0n) is 17.1. The minimum absolute atomic E-state index is 0.215. The maximum atomic E-state index is 10.5. The Hall–Kier alpha value is -2.72. The minimum atomic E-state index is 0.215. The molecule has 4 nitrogen and oxygen atoms in total. The number of nitrogens with one attached hydrogen (secondary N) is 1. The lowest BCUT2D eigenvalue weighted by Crippen LogP contribution is -2.36. The number of ether oxygens (including phenoxy) is 2. The second kappa shape index (κ2) is 7.02. The third kappa shape index (κ3) is 2.80. The van der Waals surface area contributed by atoms with Crippen LogP contribution in [0.25, 0.3) is 21.9 Å². The molecule has 4 rings (SSSR count). The van der Waals surface area contributed by atoms with Crippen LogP contribution in [0.2, 0.25) is 0 Å². The van der Waals surface area contributed by atoms with E-state index in [1.165, 1.54) is 16.7 Å². The Morgan fingerprint density at radius 3 is 2.50 bits per heavy atom. The van der Waals surface area contributed by atoms with E-state index in [1.807, 2.05) is 12.1 Å². The zero-order chi connectivity index (χ0) is 20.0. The standard InChI is InChI=1S/C24H27NO3/c1-13-11-21(28-5)24-17(7-6-8-19(24)26)22(13)16-9-10-20(27-4)23-15(3)25-14(2)12-18(16)23/h6-11,14-15,25-26H,12H2,1-5H3. The van der Waals surface area contributed by atoms with E-state index in [0.29, 0.717) is 11.8 Å². The van der Waals surface area contributed by atoms with Crippen LogP contribution in [-0.2, 0) is 6.42 Å². The van der Waals surface area contributed by atoms with E-state index in [-0.39, 0.29) is 11.8 Å². The number of methoxy groups -OCH3 is 2. The summed E-state index contributed by atoms with van der Waals surface area (Å²) in [6, 6.07) is 12.5. The molecule has 0 aromatic heterocycles. The molecule has 0 amide bonds. The molecule has 2 N–H and O–H groups in total. The molecule has 0 saturated heterocycles. The average molecular weight is 377 g/mol. The first-order valence-electron chi connectivity index (χ1n) is 9.71. The Kier molecular flexibility index (Phi) is 4.68. The van der Waals surface area contributed by atoms with Gasteiger partial charge in [-0.3, -0.25) is 0 Å². The van der Waals surface area contributed by atoms with Crippen LogP contribution in [0.4, 0.5) is 0 Å². The van der Waals surface area contributed by atoms with Crippen LogP contribution in [0.15, 0.2) is 36.4 Å². The Morgan fingerprint density at radius 1 is 1.04 bits per heavy atom. The molecular weight excluding hydrogens is 350 g/mol. The normalized spacial score (nSPS) is 18.8. The van der Waals surface area contributed by atoms with Crippen LogP contribution in [0.1, 0.15) is 36.6 Å². The molecular formula is C24H27NO3. The smallest absolute Gasteiger partial charge is 0.130 e. The van der Waals surface area contributed by atoms with Crippen molar-refractivity contribution in [3.05, 3.63) is 53.1 Å². The first-order chi connectivity index (χ1) is 13.5. The van der Waals surface area contributed by atoms with Crippen LogP contribution in [0.5, 0.6) is 17.2 Å². The van der Waals surface area contributed by atoms with Crippen LogP contribution in [-0.4, -0.2) is 25.4 Å². The molecule has 0 fully saturated rings. The van der Waals surface area contributed by atoms with Gasteiger partial charge in [0.25, 0.3) is 0 Å². The van der Waals surface area contributed by atoms with Gasteiger partial charge in [-0.2, -0.15) is 0 Å². The Morgan fingerprint density at radius 2 is 1.79 bits per heavy atom. The largest absolute Gasteiger partial charge is 0.507 e. The molecule has 0 bridgehead atoms. The van der Waals surface area contributed by atoms with Gasteiger partial charge in [-0.1, -0.05) is 18.2 Å². The van der Waals surface area contributed by atoms with E-state index in [0.717, 1.165) is 34.1 Å². The molecule has 3 aromatic rings. The van der Waals surface area contributed by atoms with Crippen molar-refractivity contribution in [3.8, 4) is 28.4 Å². The summed E-state index contributed by atoms with van der Waals surface area (Å²) in [7, 11) is 3.37. The van der Waals surface area contributed by atoms with E-state index in [1.54, 1.807) is 20.3 Å². The minimum Gasteiger partial charge on any atom is -0.507 e. The number of hydrogen-bond donors (Lipinski definition) is 2. The summed E-state index contributed by atoms with van der Waals surface area (Å²) in [6.07, 6.45) is 0.929. The molecule has 1 aliphatic rings. The number of benzene rings is 3. The fraction of sp³-hybridized carbons (Fsp3) is 0.333. The monoisotopic (exact) mass is 377 g/mol. The van der Waals surface area contributed by atoms with Gasteiger partial charge >= 0.3 is 0 Å². The quantitative estimate of drug-likeness (QED) is 0.664. The topological polar surface area (TPSA) is 50.7 Å². The fourth-order valence-corrected chi connectivity index (χ4v) is 4.70. The van der Waals surface area contributed by atoms with Gasteiger partial charge in [0.1, 0.15) is 17.2 Å². The third-order valence-corrected chi connectivity index (χ3v) is 5.80. The summed E-state index contributed by atoms with van der Waals surface area (Å²) in [5.41, 5.74) is 6.01. The van der Waals surface area contributed by atoms with Crippen molar-refractivity contribution >= 4 is 10.8 Å². The number of hydrogen-bond acceptors (Lipinski definition) is 4. The van der Waals surface area contributed by atoms with Crippen LogP contribution >= 0.6 is 0 Å². The van der Waals surface area contributed by atoms with Crippen molar-refractivity contribution in [1.82, 2.24) is 5.32 Å². The first-order valence-corrected chi connectivity index (χ1v) is 9.71. The van der Waals surface area contributed by atoms with Gasteiger partial charge < -0.3 is 19.9 Å². The van der Waals surface area contributed by atoms with Crippen molar-refractivity contribution in [3.63, 3.8) is 0 Å². The van der Waals surface area contributed by atoms with Crippen molar-refractivity contribution in [1.29, 1.82) is 0 Å². The highest BCUT2D eigenvalue weighted by molar-refractivity contribution is 6.05. The third-order valence-electron chi connectivity index (χ3n) is 5.80. The van der Waals surface area contributed by atoms with E-state index in [9.17, 15) is 5.11 Å². The zero-order valence-corrected chi connectivity index (χ0v) is 17.1. The van der Waals surface area contributed by atoms with Gasteiger partial charge in [0, 0.05) is 17.6 Å². The van der Waals surface area contributed by atoms with E-state index in [2.05, 4.69) is 44.3 Å². The number of phenolic OH excluding ortho intramolecular Hbond substituents is 1. The summed E-state index contributed by atoms with van der Waals surface area (Å²) in [4.78, 5) is 0. The van der Waals surface area contributed by atoms with Gasteiger partial charge in [0.2, 0.25) is 0 Å².